The van der Waals surface area contributed by atoms with Gasteiger partial charge in [-0.1, -0.05) is 0 Å². The van der Waals surface area contributed by atoms with E-state index >= 15 is 0 Å². The summed E-state index contributed by atoms with van der Waals surface area (Å²) in [6.45, 7) is 1.78. The van der Waals surface area contributed by atoms with Gasteiger partial charge in [0.2, 0.25) is 0 Å². The molecule has 22 heavy (non-hydrogen) atoms. The number of allylic oxidation sites excluding steroid dienone is 2. The molecule has 0 aliphatic carbocycles. The zero-order valence-electron chi connectivity index (χ0n) is 11.5. The van der Waals surface area contributed by atoms with Crippen LogP contribution in [0.15, 0.2) is 35.3 Å². The monoisotopic (exact) mass is 402 g/mol. The van der Waals surface area contributed by atoms with E-state index in [0.29, 0.717) is 21.3 Å². The first-order chi connectivity index (χ1) is 10.5. The van der Waals surface area contributed by atoms with Crippen molar-refractivity contribution in [2.45, 2.75) is 6.92 Å². The molecule has 2 aromatic rings. The van der Waals surface area contributed by atoms with Gasteiger partial charge in [-0.2, -0.15) is 0 Å². The van der Waals surface area contributed by atoms with Crippen LogP contribution in [-0.4, -0.2) is 35.8 Å². The summed E-state index contributed by atoms with van der Waals surface area (Å²) < 4.78 is 2.74. The Morgan fingerprint density at radius 2 is 2.14 bits per heavy atom. The van der Waals surface area contributed by atoms with Gasteiger partial charge in [0.15, 0.2) is 0 Å². The van der Waals surface area contributed by atoms with Gasteiger partial charge in [-0.05, 0) is 0 Å². The summed E-state index contributed by atoms with van der Waals surface area (Å²) in [4.78, 5) is 13.6. The van der Waals surface area contributed by atoms with Crippen LogP contribution in [0.3, 0.4) is 0 Å². The molecule has 0 atom stereocenters. The number of halogens is 2. The zero-order chi connectivity index (χ0) is 15.9. The van der Waals surface area contributed by atoms with Crippen molar-refractivity contribution in [3.05, 3.63) is 62.3 Å². The molecule has 0 saturated carbocycles. The van der Waals surface area contributed by atoms with E-state index in [1.165, 1.54) is 0 Å². The van der Waals surface area contributed by atoms with E-state index in [0.717, 1.165) is 10.2 Å². The molecule has 2 heterocycles. The average molecular weight is 402 g/mol. The molecule has 0 fully saturated rings. The summed E-state index contributed by atoms with van der Waals surface area (Å²) in [5.74, 6) is -1.05. The Morgan fingerprint density at radius 3 is 2.73 bits per heavy atom. The van der Waals surface area contributed by atoms with Gasteiger partial charge in [0.05, 0.1) is 0 Å². The summed E-state index contributed by atoms with van der Waals surface area (Å²) >= 11 is 11.8. The van der Waals surface area contributed by atoms with Gasteiger partial charge in [-0.15, -0.1) is 0 Å². The quantitative estimate of drug-likeness (QED) is 0.803. The number of nitrogens with zero attached hydrogens (tertiary/aromatic N) is 2. The summed E-state index contributed by atoms with van der Waals surface area (Å²) in [5.41, 5.74) is 2.13. The minimum atomic E-state index is -1.05. The van der Waals surface area contributed by atoms with Gasteiger partial charge in [0.25, 0.3) is 0 Å². The fourth-order valence-corrected chi connectivity index (χ4v) is 4.90. The molecule has 1 N–H and O–H groups in total. The van der Waals surface area contributed by atoms with Crippen LogP contribution in [0.2, 0.25) is 10.0 Å². The van der Waals surface area contributed by atoms with E-state index in [-0.39, 0.29) is 5.69 Å². The van der Waals surface area contributed by atoms with Crippen molar-refractivity contribution in [2.75, 3.05) is 0 Å². The molecule has 1 aromatic carbocycles. The summed E-state index contributed by atoms with van der Waals surface area (Å²) in [5, 5.41) is 14.6. The third-order valence-corrected chi connectivity index (χ3v) is 6.11. The van der Waals surface area contributed by atoms with Crippen molar-refractivity contribution in [3.8, 4) is 5.69 Å². The molecule has 114 valence electrons. The van der Waals surface area contributed by atoms with Gasteiger partial charge < -0.3 is 0 Å². The number of hydrogen-bond donors (Lipinski definition) is 1. The zero-order valence-corrected chi connectivity index (χ0v) is 15.1. The number of benzene rings is 1. The van der Waals surface area contributed by atoms with Crippen LogP contribution in [0.1, 0.15) is 21.7 Å². The Kier molecular flexibility index (Phi) is 4.15. The Morgan fingerprint density at radius 1 is 1.36 bits per heavy atom. The predicted molar refractivity (Wildman–Crippen MR) is 90.9 cm³/mol. The van der Waals surface area contributed by atoms with Crippen LogP contribution < -0.4 is 0 Å². The Labute approximate surface area is 143 Å². The first-order valence-corrected chi connectivity index (χ1v) is 9.42. The topological polar surface area (TPSA) is 55.1 Å². The number of hydrogen-bond acceptors (Lipinski definition) is 2. The normalized spacial score (nSPS) is 15.3. The molecular weight excluding hydrogens is 390 g/mol. The number of carboxylic acids is 1. The van der Waals surface area contributed by atoms with E-state index in [9.17, 15) is 9.90 Å². The second kappa shape index (κ2) is 5.93. The van der Waals surface area contributed by atoms with Gasteiger partial charge in [0, 0.05) is 0 Å². The van der Waals surface area contributed by atoms with Gasteiger partial charge >= 0.3 is 143 Å². The van der Waals surface area contributed by atoms with Crippen LogP contribution >= 0.6 is 23.2 Å². The molecular formula is C15H12Cl2N2O2Se. The molecule has 4 nitrogen and oxygen atoms in total. The van der Waals surface area contributed by atoms with Crippen molar-refractivity contribution in [3.63, 3.8) is 0 Å². The molecule has 0 unspecified atom stereocenters. The Hall–Kier alpha value is -1.52. The number of aromatic nitrogens is 2. The van der Waals surface area contributed by atoms with Crippen molar-refractivity contribution >= 4 is 48.6 Å². The van der Waals surface area contributed by atoms with Crippen molar-refractivity contribution in [1.82, 2.24) is 9.78 Å². The van der Waals surface area contributed by atoms with E-state index in [1.54, 1.807) is 29.8 Å². The Balaban J connectivity index is 2.26. The molecule has 0 bridgehead atoms. The van der Waals surface area contributed by atoms with E-state index in [2.05, 4.69) is 10.1 Å². The SMILES string of the molecule is Cc1c(C(=O)O)nn(-c2ccc(Cl)cc2Cl)c1C1=CC=C[SeH2]1. The summed E-state index contributed by atoms with van der Waals surface area (Å²) in [6, 6.07) is 5.08. The molecule has 7 heteroatoms. The van der Waals surface area contributed by atoms with E-state index in [4.69, 9.17) is 23.2 Å². The summed E-state index contributed by atoms with van der Waals surface area (Å²) in [7, 11) is 0. The van der Waals surface area contributed by atoms with Crippen molar-refractivity contribution < 1.29 is 9.90 Å². The molecule has 3 rings (SSSR count). The fraction of sp³-hybridized carbons (Fsp3) is 0.0667. The van der Waals surface area contributed by atoms with Gasteiger partial charge in [0.1, 0.15) is 0 Å². The van der Waals surface area contributed by atoms with Crippen LogP contribution in [0.25, 0.3) is 10.2 Å². The van der Waals surface area contributed by atoms with E-state index < -0.39 is 20.9 Å². The molecule has 1 aromatic heterocycles. The summed E-state index contributed by atoms with van der Waals surface area (Å²) in [6.07, 6.45) is 4.01. The van der Waals surface area contributed by atoms with Crippen LogP contribution in [-0.2, 0) is 0 Å². The number of carbonyl (C=O) groups is 1. The van der Waals surface area contributed by atoms with Crippen LogP contribution in [0.4, 0.5) is 0 Å². The third kappa shape index (κ3) is 2.61. The average Bonchev–Trinajstić information content (AvgIpc) is 3.06. The van der Waals surface area contributed by atoms with Crippen LogP contribution in [0, 0.1) is 6.92 Å². The number of carboxylic acid groups (broad SMARTS) is 1. The minimum absolute atomic E-state index is 0.0421. The first-order valence-electron chi connectivity index (χ1n) is 6.41. The van der Waals surface area contributed by atoms with E-state index in [1.807, 2.05) is 12.2 Å². The molecule has 0 amide bonds. The maximum atomic E-state index is 11.4. The standard InChI is InChI=1S/C15H12Cl2N2O2Se/c1-8-13(15(20)21)18-19(14(8)12-3-2-6-22-12)11-5-4-9(16)7-10(11)17/h2-7H,22H2,1H3,(H,20,21). The van der Waals surface area contributed by atoms with Crippen LogP contribution in [0.5, 0.6) is 0 Å². The molecule has 1 aliphatic heterocycles. The van der Waals surface area contributed by atoms with Gasteiger partial charge in [-0.25, -0.2) is 0 Å². The first kappa shape index (κ1) is 15.4. The number of rotatable bonds is 3. The second-order valence-electron chi connectivity index (χ2n) is 4.72. The Bertz CT molecular complexity index is 840. The van der Waals surface area contributed by atoms with Crippen molar-refractivity contribution in [1.29, 1.82) is 0 Å². The molecule has 1 aliphatic rings. The maximum absolute atomic E-state index is 11.4. The molecule has 0 saturated heterocycles. The molecule has 0 radical (unpaired) electrons. The predicted octanol–water partition coefficient (Wildman–Crippen LogP) is 3.22. The third-order valence-electron chi connectivity index (χ3n) is 3.32. The number of aromatic carboxylic acids is 1. The molecule has 0 spiro atoms. The van der Waals surface area contributed by atoms with Gasteiger partial charge in [-0.3, -0.25) is 0 Å². The second-order valence-corrected chi connectivity index (χ2v) is 8.00. The fourth-order valence-electron chi connectivity index (χ4n) is 2.32. The van der Waals surface area contributed by atoms with Crippen molar-refractivity contribution in [2.24, 2.45) is 0 Å².